The van der Waals surface area contributed by atoms with Crippen LogP contribution in [0.1, 0.15) is 13.8 Å². The summed E-state index contributed by atoms with van der Waals surface area (Å²) in [6, 6.07) is 7.37. The molecule has 0 aliphatic carbocycles. The Kier molecular flexibility index (Phi) is 4.80. The fourth-order valence-electron chi connectivity index (χ4n) is 1.07. The van der Waals surface area contributed by atoms with E-state index in [0.29, 0.717) is 5.75 Å². The molecule has 0 atom stereocenters. The van der Waals surface area contributed by atoms with Crippen LogP contribution < -0.4 is 4.74 Å². The first kappa shape index (κ1) is 13.5. The summed E-state index contributed by atoms with van der Waals surface area (Å²) < 4.78 is 29.3. The van der Waals surface area contributed by atoms with Crippen molar-refractivity contribution in [1.82, 2.24) is 0 Å². The molecule has 0 amide bonds. The van der Waals surface area contributed by atoms with Crippen LogP contribution in [0.2, 0.25) is 0 Å². The topological polar surface area (TPSA) is 43.4 Å². The number of halogens is 1. The van der Waals surface area contributed by atoms with Crippen LogP contribution in [-0.2, 0) is 9.84 Å². The molecule has 0 aromatic heterocycles. The number of rotatable bonds is 5. The summed E-state index contributed by atoms with van der Waals surface area (Å²) in [4.78, 5) is 0. The standard InChI is InChI=1S/C11H15BrO3S/c1-9(2)16(13,14)8-7-15-11-6-4-3-5-10(11)12/h3-6,9H,7-8H2,1-2H3. The first-order valence-electron chi connectivity index (χ1n) is 5.02. The molecule has 1 aromatic rings. The maximum Gasteiger partial charge on any atom is 0.155 e. The predicted octanol–water partition coefficient (Wildman–Crippen LogP) is 2.65. The third kappa shape index (κ3) is 3.79. The van der Waals surface area contributed by atoms with Crippen LogP contribution >= 0.6 is 15.9 Å². The van der Waals surface area contributed by atoms with Crippen molar-refractivity contribution in [1.29, 1.82) is 0 Å². The zero-order valence-corrected chi connectivity index (χ0v) is 11.7. The summed E-state index contributed by atoms with van der Waals surface area (Å²) in [5, 5.41) is -0.352. The molecule has 0 radical (unpaired) electrons. The summed E-state index contributed by atoms with van der Waals surface area (Å²) in [7, 11) is -3.02. The quantitative estimate of drug-likeness (QED) is 0.840. The number of hydrogen-bond donors (Lipinski definition) is 0. The first-order chi connectivity index (χ1) is 7.43. The summed E-state index contributed by atoms with van der Waals surface area (Å²) in [6.45, 7) is 3.53. The second-order valence-corrected chi connectivity index (χ2v) is 7.23. The number of ether oxygens (including phenoxy) is 1. The van der Waals surface area contributed by atoms with Crippen molar-refractivity contribution in [2.24, 2.45) is 0 Å². The molecular weight excluding hydrogens is 292 g/mol. The monoisotopic (exact) mass is 306 g/mol. The van der Waals surface area contributed by atoms with Crippen LogP contribution in [0.5, 0.6) is 5.75 Å². The molecule has 0 saturated carbocycles. The number of benzene rings is 1. The van der Waals surface area contributed by atoms with Gasteiger partial charge in [-0.3, -0.25) is 0 Å². The molecule has 1 rings (SSSR count). The molecule has 0 fully saturated rings. The van der Waals surface area contributed by atoms with Crippen LogP contribution in [0.15, 0.2) is 28.7 Å². The summed E-state index contributed by atoms with van der Waals surface area (Å²) >= 11 is 3.33. The van der Waals surface area contributed by atoms with Gasteiger partial charge in [0.1, 0.15) is 12.4 Å². The molecule has 0 bridgehead atoms. The highest BCUT2D eigenvalue weighted by molar-refractivity contribution is 9.10. The van der Waals surface area contributed by atoms with Gasteiger partial charge in [0.05, 0.1) is 15.5 Å². The van der Waals surface area contributed by atoms with Crippen molar-refractivity contribution >= 4 is 25.8 Å². The van der Waals surface area contributed by atoms with E-state index in [4.69, 9.17) is 4.74 Å². The van der Waals surface area contributed by atoms with E-state index in [0.717, 1.165) is 4.47 Å². The maximum atomic E-state index is 11.5. The van der Waals surface area contributed by atoms with Crippen molar-refractivity contribution in [3.63, 3.8) is 0 Å². The molecule has 1 aromatic carbocycles. The molecule has 0 aliphatic rings. The molecule has 16 heavy (non-hydrogen) atoms. The van der Waals surface area contributed by atoms with Gasteiger partial charge in [-0.05, 0) is 41.9 Å². The van der Waals surface area contributed by atoms with E-state index in [2.05, 4.69) is 15.9 Å². The van der Waals surface area contributed by atoms with E-state index >= 15 is 0 Å². The molecule has 90 valence electrons. The lowest BCUT2D eigenvalue weighted by Crippen LogP contribution is -2.22. The molecule has 0 spiro atoms. The van der Waals surface area contributed by atoms with Gasteiger partial charge in [0.25, 0.3) is 0 Å². The van der Waals surface area contributed by atoms with Crippen LogP contribution in [0.3, 0.4) is 0 Å². The maximum absolute atomic E-state index is 11.5. The van der Waals surface area contributed by atoms with Gasteiger partial charge < -0.3 is 4.74 Å². The zero-order valence-electron chi connectivity index (χ0n) is 9.31. The lowest BCUT2D eigenvalue weighted by molar-refractivity contribution is 0.338. The van der Waals surface area contributed by atoms with Gasteiger partial charge in [0, 0.05) is 0 Å². The highest BCUT2D eigenvalue weighted by Crippen LogP contribution is 2.23. The molecular formula is C11H15BrO3S. The lowest BCUT2D eigenvalue weighted by atomic mass is 10.3. The molecule has 0 N–H and O–H groups in total. The minimum absolute atomic E-state index is 0.0476. The third-order valence-electron chi connectivity index (χ3n) is 2.18. The molecule has 0 unspecified atom stereocenters. The Morgan fingerprint density at radius 2 is 1.94 bits per heavy atom. The van der Waals surface area contributed by atoms with Crippen LogP contribution in [0.25, 0.3) is 0 Å². The average Bonchev–Trinajstić information content (AvgIpc) is 2.20. The van der Waals surface area contributed by atoms with Gasteiger partial charge in [-0.2, -0.15) is 0 Å². The van der Waals surface area contributed by atoms with Gasteiger partial charge >= 0.3 is 0 Å². The van der Waals surface area contributed by atoms with Gasteiger partial charge in [-0.1, -0.05) is 12.1 Å². The number of hydrogen-bond acceptors (Lipinski definition) is 3. The molecule has 0 aliphatic heterocycles. The van der Waals surface area contributed by atoms with Gasteiger partial charge in [-0.15, -0.1) is 0 Å². The molecule has 0 heterocycles. The van der Waals surface area contributed by atoms with Gasteiger partial charge in [0.15, 0.2) is 9.84 Å². The van der Waals surface area contributed by atoms with Crippen molar-refractivity contribution in [2.75, 3.05) is 12.4 Å². The normalized spacial score (nSPS) is 11.8. The van der Waals surface area contributed by atoms with Crippen LogP contribution in [-0.4, -0.2) is 26.0 Å². The fraction of sp³-hybridized carbons (Fsp3) is 0.455. The zero-order chi connectivity index (χ0) is 12.2. The van der Waals surface area contributed by atoms with Gasteiger partial charge in [-0.25, -0.2) is 8.42 Å². The molecule has 5 heteroatoms. The predicted molar refractivity (Wildman–Crippen MR) is 68.6 cm³/mol. The van der Waals surface area contributed by atoms with E-state index in [9.17, 15) is 8.42 Å². The molecule has 3 nitrogen and oxygen atoms in total. The summed E-state index contributed by atoms with van der Waals surface area (Å²) in [6.07, 6.45) is 0. The second-order valence-electron chi connectivity index (χ2n) is 3.69. The van der Waals surface area contributed by atoms with E-state index in [1.54, 1.807) is 19.9 Å². The van der Waals surface area contributed by atoms with E-state index < -0.39 is 9.84 Å². The van der Waals surface area contributed by atoms with E-state index in [-0.39, 0.29) is 17.6 Å². The van der Waals surface area contributed by atoms with Crippen molar-refractivity contribution in [3.05, 3.63) is 28.7 Å². The fourth-order valence-corrected chi connectivity index (χ4v) is 2.25. The SMILES string of the molecule is CC(C)S(=O)(=O)CCOc1ccccc1Br. The third-order valence-corrected chi connectivity index (χ3v) is 5.01. The largest absolute Gasteiger partial charge is 0.491 e. The smallest absolute Gasteiger partial charge is 0.155 e. The lowest BCUT2D eigenvalue weighted by Gasteiger charge is -2.10. The van der Waals surface area contributed by atoms with Crippen LogP contribution in [0.4, 0.5) is 0 Å². The Morgan fingerprint density at radius 3 is 2.50 bits per heavy atom. The minimum atomic E-state index is -3.02. The van der Waals surface area contributed by atoms with E-state index in [1.807, 2.05) is 18.2 Å². The van der Waals surface area contributed by atoms with Crippen molar-refractivity contribution in [3.8, 4) is 5.75 Å². The average molecular weight is 307 g/mol. The van der Waals surface area contributed by atoms with Crippen molar-refractivity contribution < 1.29 is 13.2 Å². The minimum Gasteiger partial charge on any atom is -0.491 e. The second kappa shape index (κ2) is 5.68. The molecule has 0 saturated heterocycles. The Bertz CT molecular complexity index is 440. The van der Waals surface area contributed by atoms with Gasteiger partial charge in [0.2, 0.25) is 0 Å². The van der Waals surface area contributed by atoms with Crippen molar-refractivity contribution in [2.45, 2.75) is 19.1 Å². The highest BCUT2D eigenvalue weighted by Gasteiger charge is 2.15. The summed E-state index contributed by atoms with van der Waals surface area (Å²) in [5.41, 5.74) is 0. The van der Waals surface area contributed by atoms with E-state index in [1.165, 1.54) is 0 Å². The number of para-hydroxylation sites is 1. The summed E-state index contributed by atoms with van der Waals surface area (Å²) in [5.74, 6) is 0.716. The van der Waals surface area contributed by atoms with Crippen LogP contribution in [0, 0.1) is 0 Å². The highest BCUT2D eigenvalue weighted by atomic mass is 79.9. The Balaban J connectivity index is 2.52. The number of sulfone groups is 1. The Hall–Kier alpha value is -0.550. The Labute approximate surface area is 105 Å². The first-order valence-corrected chi connectivity index (χ1v) is 7.53. The Morgan fingerprint density at radius 1 is 1.31 bits per heavy atom.